The van der Waals surface area contributed by atoms with Crippen molar-refractivity contribution in [2.75, 3.05) is 13.1 Å². The van der Waals surface area contributed by atoms with Gasteiger partial charge in [0, 0.05) is 19.2 Å². The number of benzene rings is 1. The van der Waals surface area contributed by atoms with Crippen molar-refractivity contribution in [2.45, 2.75) is 18.9 Å². The molecule has 0 aliphatic carbocycles. The van der Waals surface area contributed by atoms with Gasteiger partial charge < -0.3 is 14.5 Å². The molecule has 1 aromatic heterocycles. The molecule has 0 atom stereocenters. The molecule has 21 heavy (non-hydrogen) atoms. The number of aliphatic hydroxyl groups is 1. The van der Waals surface area contributed by atoms with Gasteiger partial charge in [0.25, 0.3) is 5.91 Å². The molecular weight excluding hydrogens is 275 g/mol. The molecule has 1 amide bonds. The monoisotopic (exact) mass is 290 g/mol. The number of carbonyl (C=O) groups is 1. The summed E-state index contributed by atoms with van der Waals surface area (Å²) in [7, 11) is 0. The van der Waals surface area contributed by atoms with Crippen LogP contribution in [0.2, 0.25) is 0 Å². The zero-order valence-electron chi connectivity index (χ0n) is 11.3. The van der Waals surface area contributed by atoms with E-state index >= 15 is 0 Å². The maximum atomic E-state index is 13.7. The van der Waals surface area contributed by atoms with E-state index in [-0.39, 0.29) is 29.0 Å². The summed E-state index contributed by atoms with van der Waals surface area (Å²) in [6.07, 6.45) is 0.772. The zero-order valence-corrected chi connectivity index (χ0v) is 11.3. The standard InChI is InChI=1S/C15H15FN2O3/c16-12-4-2-1-3-11(12)14-9-13(17-21-14)15(20)18-7-5-10(19)6-8-18/h1-4,9-10,19H,5-8H2. The van der Waals surface area contributed by atoms with Crippen LogP contribution < -0.4 is 0 Å². The molecule has 5 nitrogen and oxygen atoms in total. The molecule has 1 aliphatic heterocycles. The minimum absolute atomic E-state index is 0.157. The average Bonchev–Trinajstić information content (AvgIpc) is 2.97. The number of likely N-dealkylation sites (tertiary alicyclic amines) is 1. The van der Waals surface area contributed by atoms with Crippen LogP contribution in [0.1, 0.15) is 23.3 Å². The topological polar surface area (TPSA) is 66.6 Å². The van der Waals surface area contributed by atoms with Gasteiger partial charge in [-0.3, -0.25) is 4.79 Å². The lowest BCUT2D eigenvalue weighted by Gasteiger charge is -2.28. The molecule has 2 heterocycles. The normalized spacial score (nSPS) is 16.2. The second-order valence-electron chi connectivity index (χ2n) is 5.08. The van der Waals surface area contributed by atoms with Crippen molar-refractivity contribution in [3.63, 3.8) is 0 Å². The Bertz CT molecular complexity index is 648. The fourth-order valence-corrected chi connectivity index (χ4v) is 2.39. The first kappa shape index (κ1) is 13.8. The zero-order chi connectivity index (χ0) is 14.8. The van der Waals surface area contributed by atoms with Crippen LogP contribution in [0.5, 0.6) is 0 Å². The molecule has 110 valence electrons. The summed E-state index contributed by atoms with van der Waals surface area (Å²) in [4.78, 5) is 13.9. The van der Waals surface area contributed by atoms with Crippen LogP contribution in [0.4, 0.5) is 4.39 Å². The van der Waals surface area contributed by atoms with Crippen molar-refractivity contribution >= 4 is 5.91 Å². The van der Waals surface area contributed by atoms with E-state index in [1.807, 2.05) is 0 Å². The summed E-state index contributed by atoms with van der Waals surface area (Å²) in [5, 5.41) is 13.2. The minimum Gasteiger partial charge on any atom is -0.393 e. The highest BCUT2D eigenvalue weighted by Gasteiger charge is 2.25. The van der Waals surface area contributed by atoms with Gasteiger partial charge in [0.05, 0.1) is 11.7 Å². The molecule has 0 unspecified atom stereocenters. The first-order valence-electron chi connectivity index (χ1n) is 6.84. The van der Waals surface area contributed by atoms with E-state index in [1.54, 1.807) is 23.1 Å². The number of carbonyl (C=O) groups excluding carboxylic acids is 1. The number of halogens is 1. The number of aliphatic hydroxyl groups excluding tert-OH is 1. The van der Waals surface area contributed by atoms with Crippen molar-refractivity contribution in [2.24, 2.45) is 0 Å². The van der Waals surface area contributed by atoms with Gasteiger partial charge in [-0.25, -0.2) is 4.39 Å². The number of rotatable bonds is 2. The minimum atomic E-state index is -0.422. The molecule has 6 heteroatoms. The van der Waals surface area contributed by atoms with E-state index in [1.165, 1.54) is 12.1 Å². The summed E-state index contributed by atoms with van der Waals surface area (Å²) in [6.45, 7) is 0.976. The van der Waals surface area contributed by atoms with E-state index in [0.717, 1.165) is 0 Å². The molecule has 0 spiro atoms. The Morgan fingerprint density at radius 2 is 2.05 bits per heavy atom. The Hall–Kier alpha value is -2.21. The van der Waals surface area contributed by atoms with E-state index < -0.39 is 5.82 Å². The van der Waals surface area contributed by atoms with Crippen LogP contribution >= 0.6 is 0 Å². The Labute approximate surface area is 121 Å². The van der Waals surface area contributed by atoms with Crippen LogP contribution in [-0.4, -0.2) is 40.3 Å². The molecular formula is C15H15FN2O3. The first-order chi connectivity index (χ1) is 10.1. The molecule has 1 saturated heterocycles. The third-order valence-electron chi connectivity index (χ3n) is 3.62. The molecule has 0 radical (unpaired) electrons. The molecule has 3 rings (SSSR count). The van der Waals surface area contributed by atoms with E-state index in [0.29, 0.717) is 25.9 Å². The number of hydrogen-bond donors (Lipinski definition) is 1. The van der Waals surface area contributed by atoms with E-state index in [4.69, 9.17) is 4.52 Å². The van der Waals surface area contributed by atoms with Gasteiger partial charge in [-0.15, -0.1) is 0 Å². The molecule has 0 bridgehead atoms. The smallest absolute Gasteiger partial charge is 0.276 e. The second-order valence-corrected chi connectivity index (χ2v) is 5.08. The Morgan fingerprint density at radius 3 is 2.76 bits per heavy atom. The maximum absolute atomic E-state index is 13.7. The Morgan fingerprint density at radius 1 is 1.33 bits per heavy atom. The predicted molar refractivity (Wildman–Crippen MR) is 73.0 cm³/mol. The quantitative estimate of drug-likeness (QED) is 0.919. The van der Waals surface area contributed by atoms with Gasteiger partial charge in [-0.05, 0) is 25.0 Å². The van der Waals surface area contributed by atoms with Gasteiger partial charge in [0.2, 0.25) is 0 Å². The fourth-order valence-electron chi connectivity index (χ4n) is 2.39. The maximum Gasteiger partial charge on any atom is 0.276 e. The van der Waals surface area contributed by atoms with E-state index in [9.17, 15) is 14.3 Å². The number of amides is 1. The summed E-state index contributed by atoms with van der Waals surface area (Å²) in [5.41, 5.74) is 0.433. The second kappa shape index (κ2) is 5.65. The summed E-state index contributed by atoms with van der Waals surface area (Å²) in [6, 6.07) is 7.62. The van der Waals surface area contributed by atoms with Crippen molar-refractivity contribution in [3.8, 4) is 11.3 Å². The molecule has 1 aromatic carbocycles. The number of aromatic nitrogens is 1. The highest BCUT2D eigenvalue weighted by atomic mass is 19.1. The molecule has 2 aromatic rings. The number of piperidine rings is 1. The average molecular weight is 290 g/mol. The SMILES string of the molecule is O=C(c1cc(-c2ccccc2F)on1)N1CCC(O)CC1. The van der Waals surface area contributed by atoms with Crippen molar-refractivity contribution < 1.29 is 18.8 Å². The summed E-state index contributed by atoms with van der Waals surface area (Å²) >= 11 is 0. The predicted octanol–water partition coefficient (Wildman–Crippen LogP) is 2.08. The van der Waals surface area contributed by atoms with Crippen LogP contribution in [0.15, 0.2) is 34.9 Å². The van der Waals surface area contributed by atoms with Crippen molar-refractivity contribution in [1.82, 2.24) is 10.1 Å². The Kier molecular flexibility index (Phi) is 3.70. The summed E-state index contributed by atoms with van der Waals surface area (Å²) in [5.74, 6) is -0.449. The molecule has 1 aliphatic rings. The first-order valence-corrected chi connectivity index (χ1v) is 6.84. The van der Waals surface area contributed by atoms with Gasteiger partial charge >= 0.3 is 0 Å². The lowest BCUT2D eigenvalue weighted by atomic mass is 10.1. The Balaban J connectivity index is 1.79. The fraction of sp³-hybridized carbons (Fsp3) is 0.333. The largest absolute Gasteiger partial charge is 0.393 e. The van der Waals surface area contributed by atoms with Gasteiger partial charge in [-0.2, -0.15) is 0 Å². The number of nitrogens with zero attached hydrogens (tertiary/aromatic N) is 2. The summed E-state index contributed by atoms with van der Waals surface area (Å²) < 4.78 is 18.8. The highest BCUT2D eigenvalue weighted by Crippen LogP contribution is 2.24. The third kappa shape index (κ3) is 2.80. The van der Waals surface area contributed by atoms with Crippen molar-refractivity contribution in [3.05, 3.63) is 41.8 Å². The van der Waals surface area contributed by atoms with Crippen LogP contribution in [0.25, 0.3) is 11.3 Å². The third-order valence-corrected chi connectivity index (χ3v) is 3.62. The van der Waals surface area contributed by atoms with Gasteiger partial charge in [0.15, 0.2) is 11.5 Å². The molecule has 1 N–H and O–H groups in total. The van der Waals surface area contributed by atoms with Crippen LogP contribution in [0, 0.1) is 5.82 Å². The van der Waals surface area contributed by atoms with Gasteiger partial charge in [-0.1, -0.05) is 17.3 Å². The highest BCUT2D eigenvalue weighted by molar-refractivity contribution is 5.93. The van der Waals surface area contributed by atoms with Gasteiger partial charge in [0.1, 0.15) is 5.82 Å². The molecule has 0 saturated carbocycles. The van der Waals surface area contributed by atoms with Crippen LogP contribution in [-0.2, 0) is 0 Å². The van der Waals surface area contributed by atoms with Crippen molar-refractivity contribution in [1.29, 1.82) is 0 Å². The van der Waals surface area contributed by atoms with Crippen LogP contribution in [0.3, 0.4) is 0 Å². The van der Waals surface area contributed by atoms with E-state index in [2.05, 4.69) is 5.16 Å². The lowest BCUT2D eigenvalue weighted by molar-refractivity contribution is 0.0538. The number of hydrogen-bond acceptors (Lipinski definition) is 4. The molecule has 1 fully saturated rings. The lowest BCUT2D eigenvalue weighted by Crippen LogP contribution is -2.40.